The fourth-order valence-corrected chi connectivity index (χ4v) is 1.69. The standard InChI is InChI=1S/C13H12N2O2/c1-2-8-15-12(16)13(9-14)11(17-13)10-6-4-3-5-7-10/h2-7,11H,1,8H2,(H,15,16). The van der Waals surface area contributed by atoms with Gasteiger partial charge in [0.15, 0.2) is 0 Å². The van der Waals surface area contributed by atoms with Crippen molar-refractivity contribution in [3.05, 3.63) is 48.6 Å². The lowest BCUT2D eigenvalue weighted by molar-refractivity contribution is -0.124. The third kappa shape index (κ3) is 1.93. The molecule has 4 nitrogen and oxygen atoms in total. The van der Waals surface area contributed by atoms with E-state index in [1.165, 1.54) is 0 Å². The maximum absolute atomic E-state index is 11.8. The van der Waals surface area contributed by atoms with Gasteiger partial charge in [-0.15, -0.1) is 6.58 Å². The number of nitrogens with one attached hydrogen (secondary N) is 1. The summed E-state index contributed by atoms with van der Waals surface area (Å²) >= 11 is 0. The van der Waals surface area contributed by atoms with E-state index in [2.05, 4.69) is 11.9 Å². The van der Waals surface area contributed by atoms with Gasteiger partial charge in [-0.1, -0.05) is 36.4 Å². The lowest BCUT2D eigenvalue weighted by Crippen LogP contribution is -2.37. The summed E-state index contributed by atoms with van der Waals surface area (Å²) in [6.45, 7) is 3.83. The number of rotatable bonds is 4. The topological polar surface area (TPSA) is 65.4 Å². The van der Waals surface area contributed by atoms with Crippen LogP contribution in [0.5, 0.6) is 0 Å². The van der Waals surface area contributed by atoms with Gasteiger partial charge in [0.1, 0.15) is 12.2 Å². The van der Waals surface area contributed by atoms with Crippen molar-refractivity contribution < 1.29 is 9.53 Å². The Morgan fingerprint density at radius 2 is 2.29 bits per heavy atom. The van der Waals surface area contributed by atoms with Gasteiger partial charge >= 0.3 is 0 Å². The van der Waals surface area contributed by atoms with Gasteiger partial charge in [-0.25, -0.2) is 0 Å². The van der Waals surface area contributed by atoms with Crippen molar-refractivity contribution in [3.63, 3.8) is 0 Å². The molecule has 2 rings (SSSR count). The maximum atomic E-state index is 11.8. The first-order valence-corrected chi connectivity index (χ1v) is 5.28. The van der Waals surface area contributed by atoms with Crippen LogP contribution in [0.1, 0.15) is 11.7 Å². The van der Waals surface area contributed by atoms with E-state index in [1.54, 1.807) is 6.08 Å². The van der Waals surface area contributed by atoms with Gasteiger partial charge in [0, 0.05) is 6.54 Å². The van der Waals surface area contributed by atoms with Crippen molar-refractivity contribution in [1.82, 2.24) is 5.32 Å². The molecule has 1 saturated heterocycles. The summed E-state index contributed by atoms with van der Waals surface area (Å²) in [5, 5.41) is 11.7. The van der Waals surface area contributed by atoms with E-state index in [0.717, 1.165) is 5.56 Å². The number of benzene rings is 1. The molecule has 1 N–H and O–H groups in total. The molecule has 4 heteroatoms. The summed E-state index contributed by atoms with van der Waals surface area (Å²) in [4.78, 5) is 11.8. The van der Waals surface area contributed by atoms with Crippen molar-refractivity contribution in [1.29, 1.82) is 5.26 Å². The van der Waals surface area contributed by atoms with Crippen LogP contribution in [0.3, 0.4) is 0 Å². The average molecular weight is 228 g/mol. The van der Waals surface area contributed by atoms with Crippen molar-refractivity contribution in [3.8, 4) is 6.07 Å². The van der Waals surface area contributed by atoms with Crippen LogP contribution >= 0.6 is 0 Å². The molecule has 0 aromatic heterocycles. The number of epoxide rings is 1. The van der Waals surface area contributed by atoms with Crippen molar-refractivity contribution in [2.75, 3.05) is 6.54 Å². The highest BCUT2D eigenvalue weighted by Crippen LogP contribution is 2.49. The molecule has 17 heavy (non-hydrogen) atoms. The third-order valence-corrected chi connectivity index (χ3v) is 2.63. The van der Waals surface area contributed by atoms with Gasteiger partial charge in [-0.3, -0.25) is 4.79 Å². The molecule has 1 aliphatic rings. The Morgan fingerprint density at radius 3 is 2.88 bits per heavy atom. The largest absolute Gasteiger partial charge is 0.349 e. The summed E-state index contributed by atoms with van der Waals surface area (Å²) in [6, 6.07) is 11.2. The number of nitrogens with zero attached hydrogens (tertiary/aromatic N) is 1. The van der Waals surface area contributed by atoms with Crippen LogP contribution in [-0.2, 0) is 9.53 Å². The Hall–Kier alpha value is -2.12. The quantitative estimate of drug-likeness (QED) is 0.624. The van der Waals surface area contributed by atoms with E-state index in [9.17, 15) is 4.79 Å². The van der Waals surface area contributed by atoms with Gasteiger partial charge in [-0.05, 0) is 5.56 Å². The number of carbonyl (C=O) groups is 1. The molecule has 0 bridgehead atoms. The molecule has 1 fully saturated rings. The smallest absolute Gasteiger partial charge is 0.270 e. The Morgan fingerprint density at radius 1 is 1.59 bits per heavy atom. The molecule has 2 unspecified atom stereocenters. The van der Waals surface area contributed by atoms with E-state index >= 15 is 0 Å². The SMILES string of the molecule is C=CCNC(=O)C1(C#N)OC1c1ccccc1. The van der Waals surface area contributed by atoms with Gasteiger partial charge in [0.05, 0.1) is 0 Å². The fraction of sp³-hybridized carbons (Fsp3) is 0.231. The zero-order valence-corrected chi connectivity index (χ0v) is 9.22. The van der Waals surface area contributed by atoms with E-state index in [-0.39, 0.29) is 0 Å². The zero-order valence-electron chi connectivity index (χ0n) is 9.22. The monoisotopic (exact) mass is 228 g/mol. The molecule has 0 aliphatic carbocycles. The maximum Gasteiger partial charge on any atom is 0.270 e. The van der Waals surface area contributed by atoms with E-state index in [0.29, 0.717) is 6.54 Å². The first-order chi connectivity index (χ1) is 8.24. The van der Waals surface area contributed by atoms with Gasteiger partial charge in [0.25, 0.3) is 11.5 Å². The third-order valence-electron chi connectivity index (χ3n) is 2.63. The average Bonchev–Trinajstić information content (AvgIpc) is 3.13. The molecule has 0 radical (unpaired) electrons. The van der Waals surface area contributed by atoms with E-state index in [4.69, 9.17) is 10.00 Å². The molecule has 0 saturated carbocycles. The Kier molecular flexibility index (Phi) is 2.94. The summed E-state index contributed by atoms with van der Waals surface area (Å²) in [7, 11) is 0. The minimum absolute atomic E-state index is 0.327. The molecule has 1 aromatic carbocycles. The number of carbonyl (C=O) groups excluding carboxylic acids is 1. The molecule has 2 atom stereocenters. The normalized spacial score (nSPS) is 25.7. The van der Waals surface area contributed by atoms with E-state index < -0.39 is 17.6 Å². The predicted octanol–water partition coefficient (Wildman–Crippen LogP) is 1.32. The van der Waals surface area contributed by atoms with Crippen LogP contribution in [0.15, 0.2) is 43.0 Å². The Balaban J connectivity index is 2.14. The van der Waals surface area contributed by atoms with Crippen molar-refractivity contribution in [2.24, 2.45) is 0 Å². The number of hydrogen-bond acceptors (Lipinski definition) is 3. The molecule has 0 spiro atoms. The fourth-order valence-electron chi connectivity index (χ4n) is 1.69. The summed E-state index contributed by atoms with van der Waals surface area (Å²) in [5.74, 6) is -0.409. The summed E-state index contributed by atoms with van der Waals surface area (Å²) in [6.07, 6.45) is 1.08. The van der Waals surface area contributed by atoms with Crippen molar-refractivity contribution >= 4 is 5.91 Å². The van der Waals surface area contributed by atoms with Gasteiger partial charge < -0.3 is 10.1 Å². The number of hydrogen-bond donors (Lipinski definition) is 1. The summed E-state index contributed by atoms with van der Waals surface area (Å²) < 4.78 is 5.29. The van der Waals surface area contributed by atoms with Gasteiger partial charge in [0.2, 0.25) is 0 Å². The van der Waals surface area contributed by atoms with Crippen LogP contribution in [0.25, 0.3) is 0 Å². The number of amides is 1. The van der Waals surface area contributed by atoms with Crippen LogP contribution in [0.4, 0.5) is 0 Å². The highest BCUT2D eigenvalue weighted by atomic mass is 16.6. The molecular formula is C13H12N2O2. The molecule has 1 aromatic rings. The summed E-state index contributed by atoms with van der Waals surface area (Å²) in [5.41, 5.74) is -0.535. The minimum atomic E-state index is -1.37. The predicted molar refractivity (Wildman–Crippen MR) is 61.8 cm³/mol. The lowest BCUT2D eigenvalue weighted by Gasteiger charge is -2.04. The molecule has 1 heterocycles. The van der Waals surface area contributed by atoms with Gasteiger partial charge in [-0.2, -0.15) is 5.26 Å². The molecule has 1 amide bonds. The van der Waals surface area contributed by atoms with E-state index in [1.807, 2.05) is 36.4 Å². The lowest BCUT2D eigenvalue weighted by atomic mass is 10.00. The zero-order chi connectivity index (χ0) is 12.3. The first-order valence-electron chi connectivity index (χ1n) is 5.28. The van der Waals surface area contributed by atoms with Crippen LogP contribution < -0.4 is 5.32 Å². The molecular weight excluding hydrogens is 216 g/mol. The van der Waals surface area contributed by atoms with Crippen LogP contribution in [0, 0.1) is 11.3 Å². The highest BCUT2D eigenvalue weighted by Gasteiger charge is 2.64. The Bertz CT molecular complexity index is 478. The number of nitriles is 1. The minimum Gasteiger partial charge on any atom is -0.349 e. The second-order valence-corrected chi connectivity index (χ2v) is 3.75. The number of ether oxygens (including phenoxy) is 1. The second kappa shape index (κ2) is 4.40. The molecule has 86 valence electrons. The molecule has 1 aliphatic heterocycles. The highest BCUT2D eigenvalue weighted by molar-refractivity contribution is 5.92. The van der Waals surface area contributed by atoms with Crippen molar-refractivity contribution in [2.45, 2.75) is 11.7 Å². The second-order valence-electron chi connectivity index (χ2n) is 3.75. The van der Waals surface area contributed by atoms with Crippen LogP contribution in [0.2, 0.25) is 0 Å². The first kappa shape index (κ1) is 11.4. The van der Waals surface area contributed by atoms with Crippen LogP contribution in [-0.4, -0.2) is 18.1 Å². The Labute approximate surface area is 99.5 Å².